The quantitative estimate of drug-likeness (QED) is 0.775. The number of carbonyl (C=O) groups excluding carboxylic acids is 1. The highest BCUT2D eigenvalue weighted by molar-refractivity contribution is 7.15. The summed E-state index contributed by atoms with van der Waals surface area (Å²) in [6.07, 6.45) is 4.23. The molecule has 26 heavy (non-hydrogen) atoms. The molecule has 2 N–H and O–H groups in total. The first kappa shape index (κ1) is 17.4. The number of anilines is 1. The lowest BCUT2D eigenvalue weighted by Gasteiger charge is -2.21. The summed E-state index contributed by atoms with van der Waals surface area (Å²) in [6.45, 7) is 1.70. The van der Waals surface area contributed by atoms with Gasteiger partial charge in [-0.2, -0.15) is 0 Å². The molecule has 1 amide bonds. The van der Waals surface area contributed by atoms with Gasteiger partial charge in [0.25, 0.3) is 0 Å². The van der Waals surface area contributed by atoms with E-state index in [-0.39, 0.29) is 17.8 Å². The largest absolute Gasteiger partial charge is 0.508 e. The van der Waals surface area contributed by atoms with Gasteiger partial charge in [0.15, 0.2) is 0 Å². The van der Waals surface area contributed by atoms with Gasteiger partial charge in [0, 0.05) is 19.2 Å². The van der Waals surface area contributed by atoms with Crippen LogP contribution in [0.25, 0.3) is 0 Å². The number of aromatic nitrogens is 2. The van der Waals surface area contributed by atoms with Gasteiger partial charge in [-0.3, -0.25) is 15.0 Å². The van der Waals surface area contributed by atoms with Crippen LogP contribution in [-0.4, -0.2) is 45.3 Å². The van der Waals surface area contributed by atoms with E-state index in [4.69, 9.17) is 4.74 Å². The maximum atomic E-state index is 12.4. The molecule has 2 aliphatic rings. The summed E-state index contributed by atoms with van der Waals surface area (Å²) in [6, 6.07) is 7.61. The molecule has 1 saturated carbocycles. The molecule has 0 radical (unpaired) electrons. The van der Waals surface area contributed by atoms with E-state index in [0.717, 1.165) is 42.9 Å². The number of phenolic OH excluding ortho intramolecular Hbond substituents is 1. The summed E-state index contributed by atoms with van der Waals surface area (Å²) in [5, 5.41) is 22.0. The average molecular weight is 374 g/mol. The van der Waals surface area contributed by atoms with Crippen molar-refractivity contribution in [1.82, 2.24) is 15.1 Å². The predicted octanol–water partition coefficient (Wildman–Crippen LogP) is 2.70. The van der Waals surface area contributed by atoms with Gasteiger partial charge in [-0.1, -0.05) is 23.5 Å². The minimum atomic E-state index is -0.0907. The predicted molar refractivity (Wildman–Crippen MR) is 98.0 cm³/mol. The number of rotatable bonds is 7. The molecule has 8 heteroatoms. The van der Waals surface area contributed by atoms with Crippen molar-refractivity contribution < 1.29 is 14.6 Å². The molecule has 138 valence electrons. The minimum Gasteiger partial charge on any atom is -0.508 e. The summed E-state index contributed by atoms with van der Waals surface area (Å²) in [4.78, 5) is 14.6. The van der Waals surface area contributed by atoms with E-state index in [1.807, 2.05) is 12.1 Å². The molecule has 2 aromatic rings. The summed E-state index contributed by atoms with van der Waals surface area (Å²) in [5.41, 5.74) is 1.00. The summed E-state index contributed by atoms with van der Waals surface area (Å²) >= 11 is 1.38. The summed E-state index contributed by atoms with van der Waals surface area (Å²) in [5.74, 6) is 0.158. The van der Waals surface area contributed by atoms with Crippen molar-refractivity contribution in [2.75, 3.05) is 18.5 Å². The molecule has 0 bridgehead atoms. The third-order valence-corrected chi connectivity index (χ3v) is 5.53. The Morgan fingerprint density at radius 2 is 2.23 bits per heavy atom. The number of hydrogen-bond donors (Lipinski definition) is 2. The van der Waals surface area contributed by atoms with E-state index in [1.165, 1.54) is 11.3 Å². The lowest BCUT2D eigenvalue weighted by atomic mass is 10.2. The van der Waals surface area contributed by atoms with Gasteiger partial charge in [0.1, 0.15) is 16.9 Å². The van der Waals surface area contributed by atoms with Crippen LogP contribution in [0.3, 0.4) is 0 Å². The zero-order valence-corrected chi connectivity index (χ0v) is 15.2. The van der Waals surface area contributed by atoms with E-state index >= 15 is 0 Å². The van der Waals surface area contributed by atoms with E-state index in [0.29, 0.717) is 24.3 Å². The second-order valence-corrected chi connectivity index (χ2v) is 7.81. The molecule has 7 nitrogen and oxygen atoms in total. The molecule has 1 aromatic carbocycles. The first-order valence-electron chi connectivity index (χ1n) is 8.94. The zero-order valence-electron chi connectivity index (χ0n) is 14.4. The molecule has 1 aliphatic carbocycles. The lowest BCUT2D eigenvalue weighted by Crippen LogP contribution is -2.34. The van der Waals surface area contributed by atoms with Crippen LogP contribution >= 0.6 is 11.3 Å². The van der Waals surface area contributed by atoms with Gasteiger partial charge in [-0.15, -0.1) is 10.2 Å². The monoisotopic (exact) mass is 374 g/mol. The Kier molecular flexibility index (Phi) is 5.14. The highest BCUT2D eigenvalue weighted by Gasteiger charge is 2.30. The van der Waals surface area contributed by atoms with E-state index in [2.05, 4.69) is 20.4 Å². The average Bonchev–Trinajstić information content (AvgIpc) is 3.12. The van der Waals surface area contributed by atoms with Crippen LogP contribution in [-0.2, 0) is 16.1 Å². The first-order valence-corrected chi connectivity index (χ1v) is 9.76. The van der Waals surface area contributed by atoms with Gasteiger partial charge in [0.05, 0.1) is 6.54 Å². The number of nitrogens with one attached hydrogen (secondary N) is 1. The Morgan fingerprint density at radius 3 is 2.96 bits per heavy atom. The number of ether oxygens (including phenoxy) is 1. The Balaban J connectivity index is 1.35. The molecule has 0 unspecified atom stereocenters. The third kappa shape index (κ3) is 4.38. The molecule has 2 fully saturated rings. The second kappa shape index (κ2) is 7.69. The standard InChI is InChI=1S/C18H22N4O3S/c23-14-4-1-3-12(9-14)10-22(13-6-7-13)11-16(24)19-18-21-20-17(26-18)15-5-2-8-25-15/h1,3-4,9,13,15,23H,2,5-8,10-11H2,(H,19,21,24)/t15-/m1/s1. The normalized spacial score (nSPS) is 19.8. The van der Waals surface area contributed by atoms with Gasteiger partial charge in [0.2, 0.25) is 11.0 Å². The van der Waals surface area contributed by atoms with Crippen molar-refractivity contribution in [3.05, 3.63) is 34.8 Å². The van der Waals surface area contributed by atoms with Crippen molar-refractivity contribution in [2.24, 2.45) is 0 Å². The van der Waals surface area contributed by atoms with Gasteiger partial charge < -0.3 is 9.84 Å². The molecule has 1 aliphatic heterocycles. The zero-order chi connectivity index (χ0) is 17.9. The molecule has 2 heterocycles. The Bertz CT molecular complexity index is 771. The highest BCUT2D eigenvalue weighted by Crippen LogP contribution is 2.32. The molecule has 1 aromatic heterocycles. The number of phenols is 1. The topological polar surface area (TPSA) is 87.6 Å². The number of nitrogens with zero attached hydrogens (tertiary/aromatic N) is 3. The smallest absolute Gasteiger partial charge is 0.240 e. The maximum Gasteiger partial charge on any atom is 0.240 e. The second-order valence-electron chi connectivity index (χ2n) is 6.80. The van der Waals surface area contributed by atoms with E-state index in [1.54, 1.807) is 12.1 Å². The van der Waals surface area contributed by atoms with Crippen LogP contribution in [0.2, 0.25) is 0 Å². The Morgan fingerprint density at radius 1 is 1.35 bits per heavy atom. The Hall–Kier alpha value is -2.03. The van der Waals surface area contributed by atoms with Crippen molar-refractivity contribution in [1.29, 1.82) is 0 Å². The molecule has 1 atom stereocenters. The minimum absolute atomic E-state index is 0.0203. The SMILES string of the molecule is O=C(CN(Cc1cccc(O)c1)C1CC1)Nc1nnc([C@H]2CCCO2)s1. The number of aromatic hydroxyl groups is 1. The first-order chi connectivity index (χ1) is 12.7. The maximum absolute atomic E-state index is 12.4. The fourth-order valence-corrected chi connectivity index (χ4v) is 4.02. The molecular formula is C18H22N4O3S. The van der Waals surface area contributed by atoms with Crippen LogP contribution in [0, 0.1) is 0 Å². The number of carbonyl (C=O) groups is 1. The summed E-state index contributed by atoms with van der Waals surface area (Å²) in [7, 11) is 0. The fourth-order valence-electron chi connectivity index (χ4n) is 3.17. The molecule has 4 rings (SSSR count). The number of benzene rings is 1. The van der Waals surface area contributed by atoms with Crippen LogP contribution in [0.4, 0.5) is 5.13 Å². The van der Waals surface area contributed by atoms with Gasteiger partial charge >= 0.3 is 0 Å². The van der Waals surface area contributed by atoms with Crippen LogP contribution in [0.1, 0.15) is 42.4 Å². The van der Waals surface area contributed by atoms with Crippen molar-refractivity contribution >= 4 is 22.4 Å². The van der Waals surface area contributed by atoms with Crippen LogP contribution < -0.4 is 5.32 Å². The summed E-state index contributed by atoms with van der Waals surface area (Å²) < 4.78 is 5.60. The number of amides is 1. The highest BCUT2D eigenvalue weighted by atomic mass is 32.1. The molecule has 0 spiro atoms. The van der Waals surface area contributed by atoms with E-state index < -0.39 is 0 Å². The Labute approximate surface area is 156 Å². The number of hydrogen-bond acceptors (Lipinski definition) is 7. The molecule has 1 saturated heterocycles. The lowest BCUT2D eigenvalue weighted by molar-refractivity contribution is -0.117. The van der Waals surface area contributed by atoms with Crippen LogP contribution in [0.5, 0.6) is 5.75 Å². The van der Waals surface area contributed by atoms with Crippen molar-refractivity contribution in [2.45, 2.75) is 44.4 Å². The van der Waals surface area contributed by atoms with E-state index in [9.17, 15) is 9.90 Å². The molecular weight excluding hydrogens is 352 g/mol. The third-order valence-electron chi connectivity index (χ3n) is 4.60. The fraction of sp³-hybridized carbons (Fsp3) is 0.500. The van der Waals surface area contributed by atoms with Crippen LogP contribution in [0.15, 0.2) is 24.3 Å². The van der Waals surface area contributed by atoms with Crippen molar-refractivity contribution in [3.8, 4) is 5.75 Å². The van der Waals surface area contributed by atoms with Crippen molar-refractivity contribution in [3.63, 3.8) is 0 Å². The van der Waals surface area contributed by atoms with Gasteiger partial charge in [-0.05, 0) is 43.4 Å². The van der Waals surface area contributed by atoms with Gasteiger partial charge in [-0.25, -0.2) is 0 Å².